The van der Waals surface area contributed by atoms with Crippen LogP contribution in [0, 0.1) is 5.41 Å². The highest BCUT2D eigenvalue weighted by Crippen LogP contribution is 2.42. The molecule has 0 aromatic rings. The first kappa shape index (κ1) is 15.9. The van der Waals surface area contributed by atoms with E-state index >= 15 is 0 Å². The minimum absolute atomic E-state index is 0.301. The van der Waals surface area contributed by atoms with Crippen molar-refractivity contribution in [3.63, 3.8) is 0 Å². The van der Waals surface area contributed by atoms with Crippen LogP contribution in [0.1, 0.15) is 59.3 Å². The maximum absolute atomic E-state index is 5.74. The summed E-state index contributed by atoms with van der Waals surface area (Å²) >= 11 is 0. The molecule has 0 aromatic carbocycles. The Morgan fingerprint density at radius 3 is 2.44 bits per heavy atom. The lowest BCUT2D eigenvalue weighted by molar-refractivity contribution is -0.113. The van der Waals surface area contributed by atoms with Gasteiger partial charge in [-0.3, -0.25) is 0 Å². The van der Waals surface area contributed by atoms with Crippen LogP contribution < -0.4 is 11.1 Å². The van der Waals surface area contributed by atoms with Crippen molar-refractivity contribution >= 4 is 0 Å². The van der Waals surface area contributed by atoms with Gasteiger partial charge in [-0.05, 0) is 39.3 Å². The maximum Gasteiger partial charge on any atom is 0.0655 e. The molecule has 2 unspecified atom stereocenters. The third-order valence-corrected chi connectivity index (χ3v) is 4.32. The van der Waals surface area contributed by atoms with E-state index in [9.17, 15) is 0 Å². The molecule has 0 aromatic heterocycles. The molecule has 0 aliphatic heterocycles. The van der Waals surface area contributed by atoms with Gasteiger partial charge in [0.25, 0.3) is 0 Å². The van der Waals surface area contributed by atoms with Gasteiger partial charge in [0, 0.05) is 18.1 Å². The average Bonchev–Trinajstić information content (AvgIpc) is 2.35. The van der Waals surface area contributed by atoms with Crippen molar-refractivity contribution in [3.05, 3.63) is 0 Å². The predicted molar refractivity (Wildman–Crippen MR) is 77.7 cm³/mol. The SMILES string of the molecule is CCOC1CC(NCCCCCCCN)C1(C)C. The zero-order chi connectivity index (χ0) is 13.4. The van der Waals surface area contributed by atoms with Crippen molar-refractivity contribution in [3.8, 4) is 0 Å². The number of nitrogens with two attached hydrogens (primary N) is 1. The largest absolute Gasteiger partial charge is 0.378 e. The van der Waals surface area contributed by atoms with E-state index in [4.69, 9.17) is 10.5 Å². The Morgan fingerprint density at radius 2 is 1.83 bits per heavy atom. The lowest BCUT2D eigenvalue weighted by Gasteiger charge is -2.52. The molecule has 0 amide bonds. The molecule has 1 aliphatic carbocycles. The van der Waals surface area contributed by atoms with E-state index in [1.807, 2.05) is 0 Å². The average molecular weight is 256 g/mol. The first-order valence-electron chi connectivity index (χ1n) is 7.68. The Labute approximate surface area is 113 Å². The van der Waals surface area contributed by atoms with Crippen LogP contribution in [0.25, 0.3) is 0 Å². The second-order valence-electron chi connectivity index (χ2n) is 6.06. The molecule has 108 valence electrons. The molecule has 0 spiro atoms. The van der Waals surface area contributed by atoms with Gasteiger partial charge >= 0.3 is 0 Å². The molecular weight excluding hydrogens is 224 g/mol. The summed E-state index contributed by atoms with van der Waals surface area (Å²) in [5.41, 5.74) is 5.78. The lowest BCUT2D eigenvalue weighted by atomic mass is 9.64. The van der Waals surface area contributed by atoms with Crippen molar-refractivity contribution in [1.29, 1.82) is 0 Å². The van der Waals surface area contributed by atoms with E-state index in [2.05, 4.69) is 26.1 Å². The molecule has 1 saturated carbocycles. The van der Waals surface area contributed by atoms with Crippen LogP contribution in [0.2, 0.25) is 0 Å². The molecule has 0 bridgehead atoms. The summed E-state index contributed by atoms with van der Waals surface area (Å²) in [7, 11) is 0. The summed E-state index contributed by atoms with van der Waals surface area (Å²) in [5.74, 6) is 0. The van der Waals surface area contributed by atoms with Gasteiger partial charge < -0.3 is 15.8 Å². The minimum Gasteiger partial charge on any atom is -0.378 e. The van der Waals surface area contributed by atoms with E-state index in [1.165, 1.54) is 38.5 Å². The summed E-state index contributed by atoms with van der Waals surface area (Å²) in [6.45, 7) is 9.54. The van der Waals surface area contributed by atoms with E-state index < -0.39 is 0 Å². The Hall–Kier alpha value is -0.120. The number of ether oxygens (including phenoxy) is 1. The van der Waals surface area contributed by atoms with E-state index in [1.54, 1.807) is 0 Å². The second-order valence-corrected chi connectivity index (χ2v) is 6.06. The summed E-state index contributed by atoms with van der Waals surface area (Å²) in [6, 6.07) is 0.637. The first-order chi connectivity index (χ1) is 8.62. The third kappa shape index (κ3) is 4.52. The molecule has 1 rings (SSSR count). The normalized spacial score (nSPS) is 26.0. The number of unbranched alkanes of at least 4 members (excludes halogenated alkanes) is 4. The minimum atomic E-state index is 0.301. The highest BCUT2D eigenvalue weighted by molar-refractivity contribution is 5.02. The van der Waals surface area contributed by atoms with Crippen LogP contribution in [0.3, 0.4) is 0 Å². The van der Waals surface area contributed by atoms with Crippen LogP contribution in [-0.2, 0) is 4.74 Å². The Kier molecular flexibility index (Phi) is 7.20. The second kappa shape index (κ2) is 8.13. The van der Waals surface area contributed by atoms with Gasteiger partial charge in [-0.1, -0.05) is 33.1 Å². The molecule has 1 fully saturated rings. The molecule has 3 N–H and O–H groups in total. The lowest BCUT2D eigenvalue weighted by Crippen LogP contribution is -2.61. The van der Waals surface area contributed by atoms with E-state index in [0.29, 0.717) is 17.6 Å². The monoisotopic (exact) mass is 256 g/mol. The molecule has 18 heavy (non-hydrogen) atoms. The zero-order valence-corrected chi connectivity index (χ0v) is 12.5. The zero-order valence-electron chi connectivity index (χ0n) is 12.5. The number of rotatable bonds is 10. The van der Waals surface area contributed by atoms with Crippen molar-refractivity contribution < 1.29 is 4.74 Å². The molecule has 3 nitrogen and oxygen atoms in total. The summed E-state index contributed by atoms with van der Waals surface area (Å²) < 4.78 is 5.74. The quantitative estimate of drug-likeness (QED) is 0.591. The maximum atomic E-state index is 5.74. The number of hydrogen-bond donors (Lipinski definition) is 2. The van der Waals surface area contributed by atoms with Crippen molar-refractivity contribution in [1.82, 2.24) is 5.32 Å². The van der Waals surface area contributed by atoms with Crippen molar-refractivity contribution in [2.24, 2.45) is 11.1 Å². The highest BCUT2D eigenvalue weighted by atomic mass is 16.5. The fourth-order valence-electron chi connectivity index (χ4n) is 2.79. The fraction of sp³-hybridized carbons (Fsp3) is 1.00. The highest BCUT2D eigenvalue weighted by Gasteiger charge is 2.48. The molecule has 2 atom stereocenters. The van der Waals surface area contributed by atoms with Crippen LogP contribution in [0.5, 0.6) is 0 Å². The molecule has 0 radical (unpaired) electrons. The number of hydrogen-bond acceptors (Lipinski definition) is 3. The summed E-state index contributed by atoms with van der Waals surface area (Å²) in [4.78, 5) is 0. The summed E-state index contributed by atoms with van der Waals surface area (Å²) in [5, 5.41) is 3.68. The van der Waals surface area contributed by atoms with Gasteiger partial charge in [-0.2, -0.15) is 0 Å². The Balaban J connectivity index is 2.00. The van der Waals surface area contributed by atoms with Gasteiger partial charge in [0.15, 0.2) is 0 Å². The predicted octanol–water partition coefficient (Wildman–Crippen LogP) is 2.69. The Bertz CT molecular complexity index is 219. The first-order valence-corrected chi connectivity index (χ1v) is 7.68. The van der Waals surface area contributed by atoms with Crippen molar-refractivity contribution in [2.45, 2.75) is 71.4 Å². The van der Waals surface area contributed by atoms with Crippen LogP contribution in [-0.4, -0.2) is 31.8 Å². The van der Waals surface area contributed by atoms with Gasteiger partial charge in [-0.15, -0.1) is 0 Å². The van der Waals surface area contributed by atoms with Crippen LogP contribution >= 0.6 is 0 Å². The summed E-state index contributed by atoms with van der Waals surface area (Å²) in [6.07, 6.45) is 8.04. The molecular formula is C15H32N2O. The van der Waals surface area contributed by atoms with Gasteiger partial charge in [0.1, 0.15) is 0 Å². The van der Waals surface area contributed by atoms with Gasteiger partial charge in [-0.25, -0.2) is 0 Å². The standard InChI is InChI=1S/C15H32N2O/c1-4-18-14-12-13(15(14,2)3)17-11-9-7-5-6-8-10-16/h13-14,17H,4-12,16H2,1-3H3. The smallest absolute Gasteiger partial charge is 0.0655 e. The van der Waals surface area contributed by atoms with E-state index in [0.717, 1.165) is 19.7 Å². The van der Waals surface area contributed by atoms with Crippen LogP contribution in [0.15, 0.2) is 0 Å². The van der Waals surface area contributed by atoms with E-state index in [-0.39, 0.29) is 0 Å². The molecule has 0 saturated heterocycles. The Morgan fingerprint density at radius 1 is 1.17 bits per heavy atom. The van der Waals surface area contributed by atoms with Crippen LogP contribution in [0.4, 0.5) is 0 Å². The number of nitrogens with one attached hydrogen (secondary N) is 1. The topological polar surface area (TPSA) is 47.3 Å². The fourth-order valence-corrected chi connectivity index (χ4v) is 2.79. The van der Waals surface area contributed by atoms with Gasteiger partial charge in [0.2, 0.25) is 0 Å². The third-order valence-electron chi connectivity index (χ3n) is 4.32. The molecule has 1 aliphatic rings. The van der Waals surface area contributed by atoms with Gasteiger partial charge in [0.05, 0.1) is 6.10 Å². The molecule has 3 heteroatoms. The van der Waals surface area contributed by atoms with Crippen molar-refractivity contribution in [2.75, 3.05) is 19.7 Å². The molecule has 0 heterocycles.